The number of rotatable bonds is 4. The fraction of sp³-hybridized carbons (Fsp3) is 0.500. The van der Waals surface area contributed by atoms with Crippen molar-refractivity contribution in [2.75, 3.05) is 13.2 Å². The van der Waals surface area contributed by atoms with Crippen LogP contribution in [0, 0.1) is 5.92 Å². The van der Waals surface area contributed by atoms with Crippen molar-refractivity contribution in [2.45, 2.75) is 31.4 Å². The molecule has 1 amide bonds. The minimum Gasteiger partial charge on any atom is -0.480 e. The van der Waals surface area contributed by atoms with Gasteiger partial charge in [0.15, 0.2) is 6.10 Å². The van der Waals surface area contributed by atoms with Gasteiger partial charge < -0.3 is 19.9 Å². The molecule has 2 aliphatic heterocycles. The SMILES string of the molecule is O=C(NC(C(=O)O)C1CCCOC1)C1Cc2cc(Cl)ccc2O1. The van der Waals surface area contributed by atoms with E-state index in [9.17, 15) is 14.7 Å². The summed E-state index contributed by atoms with van der Waals surface area (Å²) in [6.07, 6.45) is 1.18. The van der Waals surface area contributed by atoms with Crippen LogP contribution in [0.2, 0.25) is 5.02 Å². The lowest BCUT2D eigenvalue weighted by Crippen LogP contribution is -2.52. The van der Waals surface area contributed by atoms with E-state index in [-0.39, 0.29) is 5.92 Å². The van der Waals surface area contributed by atoms with Gasteiger partial charge in [0.1, 0.15) is 11.8 Å². The molecule has 124 valence electrons. The average Bonchev–Trinajstić information content (AvgIpc) is 2.96. The fourth-order valence-electron chi connectivity index (χ4n) is 3.02. The van der Waals surface area contributed by atoms with Gasteiger partial charge in [-0.3, -0.25) is 4.79 Å². The number of benzene rings is 1. The number of nitrogens with one attached hydrogen (secondary N) is 1. The average molecular weight is 340 g/mol. The Morgan fingerprint density at radius 3 is 2.91 bits per heavy atom. The molecule has 0 bridgehead atoms. The Hall–Kier alpha value is -1.79. The van der Waals surface area contributed by atoms with Crippen molar-refractivity contribution < 1.29 is 24.2 Å². The Bertz CT molecular complexity index is 614. The highest BCUT2D eigenvalue weighted by atomic mass is 35.5. The number of amides is 1. The molecule has 3 unspecified atom stereocenters. The summed E-state index contributed by atoms with van der Waals surface area (Å²) >= 11 is 5.93. The van der Waals surface area contributed by atoms with Gasteiger partial charge in [0.05, 0.1) is 6.61 Å². The van der Waals surface area contributed by atoms with Gasteiger partial charge in [-0.05, 0) is 36.6 Å². The highest BCUT2D eigenvalue weighted by Gasteiger charge is 2.36. The largest absolute Gasteiger partial charge is 0.480 e. The summed E-state index contributed by atoms with van der Waals surface area (Å²) in [5.74, 6) is -1.08. The number of halogens is 1. The lowest BCUT2D eigenvalue weighted by Gasteiger charge is -2.28. The van der Waals surface area contributed by atoms with Gasteiger partial charge >= 0.3 is 5.97 Å². The van der Waals surface area contributed by atoms with E-state index in [4.69, 9.17) is 21.1 Å². The third-order valence-electron chi connectivity index (χ3n) is 4.22. The molecule has 0 radical (unpaired) electrons. The van der Waals surface area contributed by atoms with Crippen LogP contribution in [0.4, 0.5) is 0 Å². The van der Waals surface area contributed by atoms with Crippen LogP contribution in [0.15, 0.2) is 18.2 Å². The highest BCUT2D eigenvalue weighted by Crippen LogP contribution is 2.31. The topological polar surface area (TPSA) is 84.9 Å². The van der Waals surface area contributed by atoms with Crippen LogP contribution >= 0.6 is 11.6 Å². The summed E-state index contributed by atoms with van der Waals surface area (Å²) in [5.41, 5.74) is 0.852. The number of aliphatic carboxylic acids is 1. The van der Waals surface area contributed by atoms with E-state index >= 15 is 0 Å². The summed E-state index contributed by atoms with van der Waals surface area (Å²) in [6, 6.07) is 4.21. The Morgan fingerprint density at radius 2 is 2.22 bits per heavy atom. The van der Waals surface area contributed by atoms with E-state index in [0.717, 1.165) is 18.4 Å². The van der Waals surface area contributed by atoms with E-state index in [1.165, 1.54) is 0 Å². The summed E-state index contributed by atoms with van der Waals surface area (Å²) in [5, 5.41) is 12.6. The molecule has 6 nitrogen and oxygen atoms in total. The zero-order chi connectivity index (χ0) is 16.4. The molecule has 23 heavy (non-hydrogen) atoms. The molecule has 2 heterocycles. The number of carbonyl (C=O) groups is 2. The molecule has 2 aliphatic rings. The Balaban J connectivity index is 1.65. The predicted octanol–water partition coefficient (Wildman–Crippen LogP) is 1.64. The van der Waals surface area contributed by atoms with E-state index in [0.29, 0.717) is 30.4 Å². The van der Waals surface area contributed by atoms with Crippen LogP contribution in [-0.4, -0.2) is 42.3 Å². The molecule has 3 atom stereocenters. The summed E-state index contributed by atoms with van der Waals surface area (Å²) < 4.78 is 10.9. The first-order valence-corrected chi connectivity index (χ1v) is 7.98. The van der Waals surface area contributed by atoms with E-state index in [1.54, 1.807) is 18.2 Å². The molecule has 0 spiro atoms. The predicted molar refractivity (Wildman–Crippen MR) is 82.7 cm³/mol. The number of carboxylic acid groups (broad SMARTS) is 1. The van der Waals surface area contributed by atoms with Gasteiger partial charge in [0.25, 0.3) is 5.91 Å². The zero-order valence-electron chi connectivity index (χ0n) is 12.5. The minimum atomic E-state index is -1.05. The van der Waals surface area contributed by atoms with Gasteiger partial charge in [-0.25, -0.2) is 4.79 Å². The van der Waals surface area contributed by atoms with Crippen molar-refractivity contribution in [3.63, 3.8) is 0 Å². The van der Waals surface area contributed by atoms with E-state index < -0.39 is 24.0 Å². The number of carboxylic acids is 1. The summed E-state index contributed by atoms with van der Waals surface area (Å²) in [6.45, 7) is 0.983. The first kappa shape index (κ1) is 16.1. The second-order valence-electron chi connectivity index (χ2n) is 5.86. The van der Waals surface area contributed by atoms with Gasteiger partial charge in [-0.1, -0.05) is 11.6 Å². The zero-order valence-corrected chi connectivity index (χ0v) is 13.2. The molecule has 0 aromatic heterocycles. The van der Waals surface area contributed by atoms with Crippen LogP contribution in [0.25, 0.3) is 0 Å². The standard InChI is InChI=1S/C16H18ClNO5/c17-11-3-4-12-10(6-11)7-13(23-12)15(19)18-14(16(20)21)9-2-1-5-22-8-9/h3-4,6,9,13-14H,1-2,5,7-8H2,(H,18,19)(H,20,21). The number of carbonyl (C=O) groups excluding carboxylic acids is 1. The smallest absolute Gasteiger partial charge is 0.326 e. The van der Waals surface area contributed by atoms with Crippen molar-refractivity contribution in [2.24, 2.45) is 5.92 Å². The summed E-state index contributed by atoms with van der Waals surface area (Å²) in [4.78, 5) is 23.9. The first-order chi connectivity index (χ1) is 11.0. The van der Waals surface area contributed by atoms with Gasteiger partial charge in [-0.15, -0.1) is 0 Å². The van der Waals surface area contributed by atoms with Crippen molar-refractivity contribution >= 4 is 23.5 Å². The third kappa shape index (κ3) is 3.59. The van der Waals surface area contributed by atoms with Crippen LogP contribution in [0.1, 0.15) is 18.4 Å². The van der Waals surface area contributed by atoms with Crippen molar-refractivity contribution in [1.82, 2.24) is 5.32 Å². The maximum Gasteiger partial charge on any atom is 0.326 e. The molecule has 3 rings (SSSR count). The van der Waals surface area contributed by atoms with Crippen LogP contribution in [0.3, 0.4) is 0 Å². The molecule has 0 saturated carbocycles. The molecule has 1 fully saturated rings. The molecular formula is C16H18ClNO5. The number of fused-ring (bicyclic) bond motifs is 1. The quantitative estimate of drug-likeness (QED) is 0.871. The molecule has 1 aromatic rings. The lowest BCUT2D eigenvalue weighted by atomic mass is 9.93. The van der Waals surface area contributed by atoms with Gasteiger partial charge in [0.2, 0.25) is 0 Å². The van der Waals surface area contributed by atoms with Gasteiger partial charge in [-0.2, -0.15) is 0 Å². The highest BCUT2D eigenvalue weighted by molar-refractivity contribution is 6.30. The van der Waals surface area contributed by atoms with Gasteiger partial charge in [0, 0.05) is 24.0 Å². The normalized spacial score (nSPS) is 24.4. The monoisotopic (exact) mass is 339 g/mol. The van der Waals surface area contributed by atoms with Crippen LogP contribution < -0.4 is 10.1 Å². The second kappa shape index (κ2) is 6.76. The molecule has 1 aromatic carbocycles. The maximum absolute atomic E-state index is 12.4. The Labute approximate surface area is 138 Å². The fourth-order valence-corrected chi connectivity index (χ4v) is 3.21. The Morgan fingerprint density at radius 1 is 1.39 bits per heavy atom. The molecule has 1 saturated heterocycles. The molecular weight excluding hydrogens is 322 g/mol. The number of hydrogen-bond acceptors (Lipinski definition) is 4. The lowest BCUT2D eigenvalue weighted by molar-refractivity contribution is -0.146. The van der Waals surface area contributed by atoms with E-state index in [1.807, 2.05) is 0 Å². The van der Waals surface area contributed by atoms with E-state index in [2.05, 4.69) is 5.32 Å². The van der Waals surface area contributed by atoms with Crippen molar-refractivity contribution in [3.05, 3.63) is 28.8 Å². The third-order valence-corrected chi connectivity index (χ3v) is 4.46. The Kier molecular flexibility index (Phi) is 4.73. The van der Waals surface area contributed by atoms with Crippen LogP contribution in [-0.2, 0) is 20.7 Å². The maximum atomic E-state index is 12.4. The van der Waals surface area contributed by atoms with Crippen molar-refractivity contribution in [3.8, 4) is 5.75 Å². The molecule has 7 heteroatoms. The number of ether oxygens (including phenoxy) is 2. The number of hydrogen-bond donors (Lipinski definition) is 2. The minimum absolute atomic E-state index is 0.219. The first-order valence-electron chi connectivity index (χ1n) is 7.60. The second-order valence-corrected chi connectivity index (χ2v) is 6.30. The summed E-state index contributed by atoms with van der Waals surface area (Å²) in [7, 11) is 0. The molecule has 2 N–H and O–H groups in total. The molecule has 0 aliphatic carbocycles. The van der Waals surface area contributed by atoms with Crippen LogP contribution in [0.5, 0.6) is 5.75 Å². The van der Waals surface area contributed by atoms with Crippen molar-refractivity contribution in [1.29, 1.82) is 0 Å².